The van der Waals surface area contributed by atoms with Crippen molar-refractivity contribution in [3.8, 4) is 5.75 Å². The highest BCUT2D eigenvalue weighted by Gasteiger charge is 2.18. The highest BCUT2D eigenvalue weighted by Crippen LogP contribution is 2.26. The number of benzene rings is 1. The van der Waals surface area contributed by atoms with Gasteiger partial charge in [0, 0.05) is 42.6 Å². The van der Waals surface area contributed by atoms with E-state index < -0.39 is 0 Å². The molecule has 2 N–H and O–H groups in total. The molecule has 152 valence electrons. The van der Waals surface area contributed by atoms with Crippen LogP contribution in [0.15, 0.2) is 18.2 Å². The lowest BCUT2D eigenvalue weighted by Gasteiger charge is -2.26. The number of carbonyl (C=O) groups excluding carboxylic acids is 1. The Bertz CT molecular complexity index is 805. The maximum atomic E-state index is 12.6. The lowest BCUT2D eigenvalue weighted by atomic mass is 9.95. The number of fused-ring (bicyclic) bond motifs is 1. The lowest BCUT2D eigenvalue weighted by Crippen LogP contribution is -2.38. The van der Waals surface area contributed by atoms with E-state index in [2.05, 4.69) is 28.2 Å². The van der Waals surface area contributed by atoms with Crippen LogP contribution in [0.5, 0.6) is 5.75 Å². The first-order chi connectivity index (χ1) is 13.7. The van der Waals surface area contributed by atoms with Crippen molar-refractivity contribution in [2.24, 2.45) is 0 Å². The van der Waals surface area contributed by atoms with Crippen molar-refractivity contribution in [1.82, 2.24) is 15.2 Å². The fourth-order valence-electron chi connectivity index (χ4n) is 4.22. The van der Waals surface area contributed by atoms with Gasteiger partial charge in [0.15, 0.2) is 0 Å². The first-order valence-corrected chi connectivity index (χ1v) is 10.6. The fourth-order valence-corrected chi connectivity index (χ4v) is 4.22. The van der Waals surface area contributed by atoms with Crippen LogP contribution in [-0.2, 0) is 4.74 Å². The van der Waals surface area contributed by atoms with Crippen molar-refractivity contribution >= 4 is 16.8 Å². The quantitative estimate of drug-likeness (QED) is 0.801. The second kappa shape index (κ2) is 8.97. The number of carbonyl (C=O) groups is 1. The summed E-state index contributed by atoms with van der Waals surface area (Å²) in [4.78, 5) is 18.3. The average molecular weight is 386 g/mol. The van der Waals surface area contributed by atoms with E-state index in [0.29, 0.717) is 18.3 Å². The van der Waals surface area contributed by atoms with E-state index >= 15 is 0 Å². The molecule has 6 nitrogen and oxygen atoms in total. The van der Waals surface area contributed by atoms with Gasteiger partial charge < -0.3 is 19.8 Å². The molecule has 1 saturated carbocycles. The predicted octanol–water partition coefficient (Wildman–Crippen LogP) is 3.25. The fraction of sp³-hybridized carbons (Fsp3) is 0.591. The minimum atomic E-state index is -0.00251. The first kappa shape index (κ1) is 19.3. The predicted molar refractivity (Wildman–Crippen MR) is 110 cm³/mol. The number of aromatic nitrogens is 1. The summed E-state index contributed by atoms with van der Waals surface area (Å²) in [6, 6.07) is 6.32. The molecular weight excluding hydrogens is 354 g/mol. The van der Waals surface area contributed by atoms with Crippen molar-refractivity contribution < 1.29 is 14.3 Å². The molecule has 2 heterocycles. The second-order valence-electron chi connectivity index (χ2n) is 8.00. The zero-order valence-electron chi connectivity index (χ0n) is 16.8. The molecule has 2 aromatic rings. The van der Waals surface area contributed by atoms with E-state index in [9.17, 15) is 4.79 Å². The number of morpholine rings is 1. The van der Waals surface area contributed by atoms with Crippen LogP contribution in [0.2, 0.25) is 0 Å². The molecule has 2 aliphatic rings. The number of hydrogen-bond donors (Lipinski definition) is 2. The number of ether oxygens (including phenoxy) is 2. The zero-order valence-corrected chi connectivity index (χ0v) is 16.8. The van der Waals surface area contributed by atoms with Crippen LogP contribution >= 0.6 is 0 Å². The largest absolute Gasteiger partial charge is 0.492 e. The Labute approximate surface area is 166 Å². The lowest BCUT2D eigenvalue weighted by molar-refractivity contribution is 0.0322. The first-order valence-electron chi connectivity index (χ1n) is 10.6. The van der Waals surface area contributed by atoms with Gasteiger partial charge in [0.1, 0.15) is 18.1 Å². The SMILES string of the molecule is Cc1cc(OCCN2CCOCC2)cc2[nH]c(C(=O)NC3CCCCC3)cc12. The van der Waals surface area contributed by atoms with Crippen molar-refractivity contribution in [3.05, 3.63) is 29.5 Å². The number of rotatable bonds is 6. The van der Waals surface area contributed by atoms with Gasteiger partial charge in [-0.1, -0.05) is 19.3 Å². The van der Waals surface area contributed by atoms with Crippen molar-refractivity contribution in [2.75, 3.05) is 39.5 Å². The van der Waals surface area contributed by atoms with Crippen molar-refractivity contribution in [3.63, 3.8) is 0 Å². The highest BCUT2D eigenvalue weighted by atomic mass is 16.5. The van der Waals surface area contributed by atoms with Gasteiger partial charge in [-0.25, -0.2) is 0 Å². The Morgan fingerprint density at radius 1 is 1.21 bits per heavy atom. The Morgan fingerprint density at radius 3 is 2.79 bits per heavy atom. The van der Waals surface area contributed by atoms with Gasteiger partial charge in [0.2, 0.25) is 0 Å². The maximum absolute atomic E-state index is 12.6. The van der Waals surface area contributed by atoms with Crippen LogP contribution in [0, 0.1) is 6.92 Å². The van der Waals surface area contributed by atoms with Crippen LogP contribution in [0.25, 0.3) is 10.9 Å². The third-order valence-electron chi connectivity index (χ3n) is 5.88. The molecule has 0 bridgehead atoms. The molecule has 28 heavy (non-hydrogen) atoms. The molecule has 4 rings (SSSR count). The monoisotopic (exact) mass is 385 g/mol. The van der Waals surface area contributed by atoms with Crippen LogP contribution in [0.4, 0.5) is 0 Å². The highest BCUT2D eigenvalue weighted by molar-refractivity contribution is 5.99. The Morgan fingerprint density at radius 2 is 2.00 bits per heavy atom. The van der Waals surface area contributed by atoms with Crippen LogP contribution in [-0.4, -0.2) is 61.3 Å². The molecule has 1 aliphatic carbocycles. The molecule has 0 radical (unpaired) electrons. The number of hydrogen-bond acceptors (Lipinski definition) is 4. The number of H-pyrrole nitrogens is 1. The van der Waals surface area contributed by atoms with E-state index in [0.717, 1.165) is 67.9 Å². The molecule has 2 fully saturated rings. The molecule has 6 heteroatoms. The van der Waals surface area contributed by atoms with Gasteiger partial charge in [0.05, 0.1) is 13.2 Å². The smallest absolute Gasteiger partial charge is 0.267 e. The van der Waals surface area contributed by atoms with Gasteiger partial charge >= 0.3 is 0 Å². The molecule has 1 aromatic carbocycles. The molecule has 0 spiro atoms. The summed E-state index contributed by atoms with van der Waals surface area (Å²) in [5.41, 5.74) is 2.70. The van der Waals surface area contributed by atoms with Crippen LogP contribution in [0.1, 0.15) is 48.2 Å². The standard InChI is InChI=1S/C22H31N3O3/c1-16-13-18(28-12-9-25-7-10-27-11-8-25)14-20-19(16)15-21(24-20)22(26)23-17-5-3-2-4-6-17/h13-15,17,24H,2-12H2,1H3,(H,23,26). The number of aromatic amines is 1. The molecule has 1 aliphatic heterocycles. The molecule has 1 saturated heterocycles. The number of nitrogens with zero attached hydrogens (tertiary/aromatic N) is 1. The topological polar surface area (TPSA) is 66.6 Å². The van der Waals surface area contributed by atoms with Crippen molar-refractivity contribution in [1.29, 1.82) is 0 Å². The second-order valence-corrected chi connectivity index (χ2v) is 8.00. The van der Waals surface area contributed by atoms with Crippen molar-refractivity contribution in [2.45, 2.75) is 45.1 Å². The third-order valence-corrected chi connectivity index (χ3v) is 5.88. The van der Waals surface area contributed by atoms with Gasteiger partial charge in [-0.3, -0.25) is 9.69 Å². The summed E-state index contributed by atoms with van der Waals surface area (Å²) in [5.74, 6) is 0.844. The van der Waals surface area contributed by atoms with E-state index in [-0.39, 0.29) is 5.91 Å². The number of nitrogens with one attached hydrogen (secondary N) is 2. The van der Waals surface area contributed by atoms with E-state index in [1.165, 1.54) is 19.3 Å². The Balaban J connectivity index is 1.39. The number of aryl methyl sites for hydroxylation is 1. The zero-order chi connectivity index (χ0) is 19.3. The van der Waals surface area contributed by atoms with Gasteiger partial charge in [-0.15, -0.1) is 0 Å². The van der Waals surface area contributed by atoms with Gasteiger partial charge in [-0.05, 0) is 37.5 Å². The van der Waals surface area contributed by atoms with E-state index in [1.807, 2.05) is 12.1 Å². The molecule has 1 aromatic heterocycles. The Hall–Kier alpha value is -2.05. The maximum Gasteiger partial charge on any atom is 0.267 e. The summed E-state index contributed by atoms with van der Waals surface area (Å²) in [7, 11) is 0. The molecular formula is C22H31N3O3. The van der Waals surface area contributed by atoms with Crippen LogP contribution < -0.4 is 10.1 Å². The molecule has 1 amide bonds. The number of amides is 1. The van der Waals surface area contributed by atoms with E-state index in [1.54, 1.807) is 0 Å². The van der Waals surface area contributed by atoms with Gasteiger partial charge in [-0.2, -0.15) is 0 Å². The summed E-state index contributed by atoms with van der Waals surface area (Å²) in [6.45, 7) is 7.17. The normalized spacial score (nSPS) is 19.0. The third kappa shape index (κ3) is 4.67. The summed E-state index contributed by atoms with van der Waals surface area (Å²) >= 11 is 0. The van der Waals surface area contributed by atoms with E-state index in [4.69, 9.17) is 9.47 Å². The molecule has 0 unspecified atom stereocenters. The Kier molecular flexibility index (Phi) is 6.17. The van der Waals surface area contributed by atoms with Crippen LogP contribution in [0.3, 0.4) is 0 Å². The average Bonchev–Trinajstić information content (AvgIpc) is 3.15. The minimum Gasteiger partial charge on any atom is -0.492 e. The summed E-state index contributed by atoms with van der Waals surface area (Å²) in [5, 5.41) is 4.26. The minimum absolute atomic E-state index is 0.00251. The molecule has 0 atom stereocenters. The summed E-state index contributed by atoms with van der Waals surface area (Å²) in [6.07, 6.45) is 5.88. The van der Waals surface area contributed by atoms with Gasteiger partial charge in [0.25, 0.3) is 5.91 Å². The summed E-state index contributed by atoms with van der Waals surface area (Å²) < 4.78 is 11.4.